The van der Waals surface area contributed by atoms with E-state index in [0.717, 1.165) is 44.9 Å². The van der Waals surface area contributed by atoms with Gasteiger partial charge in [0, 0.05) is 42.3 Å². The molecule has 1 N–H and O–H groups in total. The van der Waals surface area contributed by atoms with E-state index in [1.54, 1.807) is 30.6 Å². The van der Waals surface area contributed by atoms with Gasteiger partial charge in [0.15, 0.2) is 0 Å². The summed E-state index contributed by atoms with van der Waals surface area (Å²) in [6.45, 7) is 10.0. The van der Waals surface area contributed by atoms with E-state index >= 15 is 0 Å². The third kappa shape index (κ3) is 4.95. The molecule has 2 aromatic rings. The number of aromatic nitrogens is 1. The average Bonchev–Trinajstić information content (AvgIpc) is 2.99. The van der Waals surface area contributed by atoms with Crippen molar-refractivity contribution in [2.75, 3.05) is 6.61 Å². The number of fused-ring (bicyclic) bond motifs is 4. The summed E-state index contributed by atoms with van der Waals surface area (Å²) in [4.78, 5) is 43.4. The van der Waals surface area contributed by atoms with Crippen LogP contribution in [0.25, 0.3) is 11.3 Å². The predicted molar refractivity (Wildman–Crippen MR) is 161 cm³/mol. The molecule has 0 bridgehead atoms. The van der Waals surface area contributed by atoms with E-state index in [1.807, 2.05) is 6.92 Å². The van der Waals surface area contributed by atoms with Crippen molar-refractivity contribution in [1.29, 1.82) is 0 Å². The zero-order chi connectivity index (χ0) is 31.4. The Morgan fingerprint density at radius 3 is 2.57 bits per heavy atom. The SMILES string of the molecule is CC(=O)OCC1(C)C2C[C@H](OC(=O)C3CCCCC3)[C@@]3(C)Oc4cc(-c5cccnc5)oc(=O)c4[C@H](O)C3[C@@]2(C)CC[C@@H]1C. The quantitative estimate of drug-likeness (QED) is 0.406. The second-order valence-electron chi connectivity index (χ2n) is 14.4. The topological polar surface area (TPSA) is 125 Å². The lowest BCUT2D eigenvalue weighted by Crippen LogP contribution is -2.70. The van der Waals surface area contributed by atoms with Crippen LogP contribution in [0.15, 0.2) is 39.8 Å². The van der Waals surface area contributed by atoms with Crippen LogP contribution in [0, 0.1) is 34.5 Å². The van der Waals surface area contributed by atoms with Gasteiger partial charge in [0.05, 0.1) is 18.6 Å². The van der Waals surface area contributed by atoms with Gasteiger partial charge in [-0.25, -0.2) is 4.79 Å². The number of rotatable bonds is 5. The molecule has 0 aromatic carbocycles. The molecule has 0 saturated heterocycles. The number of pyridine rings is 1. The van der Waals surface area contributed by atoms with Crippen LogP contribution in [-0.4, -0.2) is 40.3 Å². The fourth-order valence-corrected chi connectivity index (χ4v) is 9.27. The fourth-order valence-electron chi connectivity index (χ4n) is 9.27. The largest absolute Gasteiger partial charge is 0.482 e. The molecule has 1 aliphatic heterocycles. The first kappa shape index (κ1) is 30.8. The van der Waals surface area contributed by atoms with Gasteiger partial charge < -0.3 is 23.7 Å². The summed E-state index contributed by atoms with van der Waals surface area (Å²) in [5.74, 6) is -0.698. The molecule has 0 amide bonds. The van der Waals surface area contributed by atoms with Gasteiger partial charge in [-0.05, 0) is 68.4 Å². The van der Waals surface area contributed by atoms with Crippen molar-refractivity contribution in [3.05, 3.63) is 46.6 Å². The van der Waals surface area contributed by atoms with Crippen molar-refractivity contribution in [2.24, 2.45) is 34.5 Å². The first-order valence-electron chi connectivity index (χ1n) is 16.2. The molecule has 44 heavy (non-hydrogen) atoms. The molecule has 3 saturated carbocycles. The Morgan fingerprint density at radius 1 is 1.14 bits per heavy atom. The van der Waals surface area contributed by atoms with Gasteiger partial charge in [-0.3, -0.25) is 14.6 Å². The van der Waals surface area contributed by atoms with Crippen LogP contribution >= 0.6 is 0 Å². The molecular formula is C35H45NO8. The maximum Gasteiger partial charge on any atom is 0.345 e. The molecule has 0 spiro atoms. The summed E-state index contributed by atoms with van der Waals surface area (Å²) in [6.07, 6.45) is 8.14. The third-order valence-corrected chi connectivity index (χ3v) is 11.9. The van der Waals surface area contributed by atoms with Gasteiger partial charge in [-0.2, -0.15) is 0 Å². The van der Waals surface area contributed by atoms with Crippen LogP contribution in [0.1, 0.15) is 97.7 Å². The highest BCUT2D eigenvalue weighted by atomic mass is 16.6. The Hall–Kier alpha value is -3.20. The average molecular weight is 608 g/mol. The van der Waals surface area contributed by atoms with Crippen LogP contribution in [-0.2, 0) is 19.1 Å². The Kier molecular flexibility index (Phi) is 7.92. The summed E-state index contributed by atoms with van der Waals surface area (Å²) in [6, 6.07) is 5.18. The third-order valence-electron chi connectivity index (χ3n) is 11.9. The van der Waals surface area contributed by atoms with E-state index in [9.17, 15) is 19.5 Å². The number of aliphatic hydroxyl groups excluding tert-OH is 1. The number of esters is 2. The number of nitrogens with zero attached hydrogens (tertiary/aromatic N) is 1. The van der Waals surface area contributed by atoms with Gasteiger partial charge in [0.25, 0.3) is 0 Å². The highest BCUT2D eigenvalue weighted by Gasteiger charge is 2.70. The van der Waals surface area contributed by atoms with E-state index in [1.165, 1.54) is 6.92 Å². The summed E-state index contributed by atoms with van der Waals surface area (Å²) < 4.78 is 24.7. The van der Waals surface area contributed by atoms with Crippen LogP contribution in [0.3, 0.4) is 0 Å². The van der Waals surface area contributed by atoms with E-state index in [0.29, 0.717) is 12.0 Å². The number of hydrogen-bond acceptors (Lipinski definition) is 9. The molecule has 9 heteroatoms. The van der Waals surface area contributed by atoms with Crippen molar-refractivity contribution in [3.8, 4) is 17.1 Å². The van der Waals surface area contributed by atoms with Crippen LogP contribution in [0.5, 0.6) is 5.75 Å². The first-order chi connectivity index (χ1) is 20.9. The van der Waals surface area contributed by atoms with Crippen molar-refractivity contribution >= 4 is 11.9 Å². The second-order valence-corrected chi connectivity index (χ2v) is 14.4. The van der Waals surface area contributed by atoms with Gasteiger partial charge >= 0.3 is 17.6 Å². The summed E-state index contributed by atoms with van der Waals surface area (Å²) in [5, 5.41) is 12.2. The van der Waals surface area contributed by atoms with Crippen molar-refractivity contribution in [1.82, 2.24) is 4.98 Å². The minimum atomic E-state index is -1.22. The number of aliphatic hydroxyl groups is 1. The van der Waals surface area contributed by atoms with Gasteiger partial charge in [0.1, 0.15) is 28.8 Å². The molecule has 4 aliphatic rings. The van der Waals surface area contributed by atoms with Crippen molar-refractivity contribution in [3.63, 3.8) is 0 Å². The van der Waals surface area contributed by atoms with Gasteiger partial charge in [-0.15, -0.1) is 0 Å². The summed E-state index contributed by atoms with van der Waals surface area (Å²) in [5.41, 5.74) is -2.09. The number of carbonyl (C=O) groups excluding carboxylic acids is 2. The molecule has 2 aromatic heterocycles. The molecule has 9 nitrogen and oxygen atoms in total. The first-order valence-corrected chi connectivity index (χ1v) is 16.2. The second kappa shape index (κ2) is 11.3. The number of ether oxygens (including phenoxy) is 3. The summed E-state index contributed by atoms with van der Waals surface area (Å²) in [7, 11) is 0. The minimum absolute atomic E-state index is 0.0830. The molecule has 3 aliphatic carbocycles. The van der Waals surface area contributed by atoms with Gasteiger partial charge in [0.2, 0.25) is 0 Å². The molecule has 3 fully saturated rings. The molecule has 8 atom stereocenters. The predicted octanol–water partition coefficient (Wildman–Crippen LogP) is 6.02. The van der Waals surface area contributed by atoms with Gasteiger partial charge in [-0.1, -0.05) is 40.0 Å². The van der Waals surface area contributed by atoms with E-state index in [4.69, 9.17) is 18.6 Å². The number of carbonyl (C=O) groups is 2. The smallest absolute Gasteiger partial charge is 0.345 e. The molecule has 6 rings (SSSR count). The highest BCUT2D eigenvalue weighted by molar-refractivity contribution is 5.73. The maximum absolute atomic E-state index is 13.7. The van der Waals surface area contributed by atoms with Crippen molar-refractivity contribution in [2.45, 2.75) is 104 Å². The minimum Gasteiger partial charge on any atom is -0.482 e. The Bertz CT molecular complexity index is 1470. The molecule has 3 unspecified atom stereocenters. The zero-order valence-electron chi connectivity index (χ0n) is 26.5. The Balaban J connectivity index is 1.47. The maximum atomic E-state index is 13.7. The summed E-state index contributed by atoms with van der Waals surface area (Å²) >= 11 is 0. The van der Waals surface area contributed by atoms with Crippen molar-refractivity contribution < 1.29 is 33.3 Å². The lowest BCUT2D eigenvalue weighted by atomic mass is 9.41. The molecular weight excluding hydrogens is 562 g/mol. The number of hydrogen-bond donors (Lipinski definition) is 1. The van der Waals surface area contributed by atoms with E-state index in [-0.39, 0.29) is 53.4 Å². The Morgan fingerprint density at radius 2 is 1.89 bits per heavy atom. The molecule has 238 valence electrons. The van der Waals surface area contributed by atoms with Crippen LogP contribution < -0.4 is 10.4 Å². The highest BCUT2D eigenvalue weighted by Crippen LogP contribution is 2.68. The molecule has 3 heterocycles. The molecule has 0 radical (unpaired) electrons. The van der Waals surface area contributed by atoms with E-state index < -0.39 is 40.2 Å². The standard InChI is InChI=1S/C35H45NO8/c1-20-13-14-33(3)26(34(20,4)19-41-21(2)37)17-27(43-31(39)22-10-7-6-8-11-22)35(5)30(33)29(38)28-25(44-35)16-24(42-32(28)40)23-12-9-15-36-18-23/h9,12,15-16,18,20,22,26-27,29-30,38H,6-8,10-11,13-14,17,19H2,1-5H3/t20-,26?,27-,29-,30?,33-,34?,35+/m0/s1. The monoisotopic (exact) mass is 607 g/mol. The fraction of sp³-hybridized carbons (Fsp3) is 0.657. The lowest BCUT2D eigenvalue weighted by Gasteiger charge is -2.66. The lowest BCUT2D eigenvalue weighted by molar-refractivity contribution is -0.263. The Labute approximate surface area is 258 Å². The zero-order valence-corrected chi connectivity index (χ0v) is 26.5. The van der Waals surface area contributed by atoms with E-state index in [2.05, 4.69) is 25.8 Å². The van der Waals surface area contributed by atoms with Crippen LogP contribution in [0.2, 0.25) is 0 Å². The van der Waals surface area contributed by atoms with Crippen LogP contribution in [0.4, 0.5) is 0 Å². The normalized spacial score (nSPS) is 36.6.